The molecule has 1 aliphatic rings. The number of rotatable bonds is 2. The molecule has 2 heterocycles. The molecule has 1 fully saturated rings. The fraction of sp³-hybridized carbons (Fsp3) is 0.357. The van der Waals surface area contributed by atoms with E-state index in [2.05, 4.69) is 9.97 Å². The summed E-state index contributed by atoms with van der Waals surface area (Å²) in [5.74, 6) is -0.00414. The van der Waals surface area contributed by atoms with Crippen LogP contribution in [0.1, 0.15) is 19.3 Å². The Kier molecular flexibility index (Phi) is 3.25. The molecule has 0 aliphatic carbocycles. The minimum absolute atomic E-state index is 0.268. The summed E-state index contributed by atoms with van der Waals surface area (Å²) < 4.78 is 0. The molecule has 1 aromatic carbocycles. The second-order valence-electron chi connectivity index (χ2n) is 5.27. The Morgan fingerprint density at radius 2 is 2.19 bits per heavy atom. The van der Waals surface area contributed by atoms with E-state index in [9.17, 15) is 9.59 Å². The van der Waals surface area contributed by atoms with Crippen molar-refractivity contribution in [2.75, 3.05) is 17.2 Å². The first-order valence-corrected chi connectivity index (χ1v) is 6.92. The SMILES string of the molecule is NC(=O)C1CCCCN1c1nc2ccc(N)cc2c(=O)[nH]1. The highest BCUT2D eigenvalue weighted by Gasteiger charge is 2.28. The van der Waals surface area contributed by atoms with Crippen LogP contribution in [0.5, 0.6) is 0 Å². The van der Waals surface area contributed by atoms with Gasteiger partial charge in [0.25, 0.3) is 5.56 Å². The fourth-order valence-corrected chi connectivity index (χ4v) is 2.76. The molecule has 3 rings (SSSR count). The molecule has 7 heteroatoms. The Morgan fingerprint density at radius 1 is 1.38 bits per heavy atom. The molecular formula is C14H17N5O2. The van der Waals surface area contributed by atoms with Gasteiger partial charge in [-0.25, -0.2) is 4.98 Å². The molecule has 1 amide bonds. The number of carbonyl (C=O) groups is 1. The van der Waals surface area contributed by atoms with Gasteiger partial charge in [-0.2, -0.15) is 0 Å². The van der Waals surface area contributed by atoms with E-state index in [1.165, 1.54) is 0 Å². The lowest BCUT2D eigenvalue weighted by atomic mass is 10.0. The third-order valence-corrected chi connectivity index (χ3v) is 3.82. The fourth-order valence-electron chi connectivity index (χ4n) is 2.76. The smallest absolute Gasteiger partial charge is 0.260 e. The van der Waals surface area contributed by atoms with Crippen molar-refractivity contribution in [1.29, 1.82) is 0 Å². The van der Waals surface area contributed by atoms with E-state index >= 15 is 0 Å². The van der Waals surface area contributed by atoms with Crippen LogP contribution in [-0.2, 0) is 4.79 Å². The number of nitrogens with zero attached hydrogens (tertiary/aromatic N) is 2. The number of anilines is 2. The van der Waals surface area contributed by atoms with Gasteiger partial charge < -0.3 is 16.4 Å². The molecule has 21 heavy (non-hydrogen) atoms. The van der Waals surface area contributed by atoms with Crippen LogP contribution in [0, 0.1) is 0 Å². The number of hydrogen-bond acceptors (Lipinski definition) is 5. The standard InChI is InChI=1S/C14H17N5O2/c15-8-4-5-10-9(7-8)13(21)18-14(17-10)19-6-2-1-3-11(19)12(16)20/h4-5,7,11H,1-3,6,15H2,(H2,16,20)(H,17,18,21). The average Bonchev–Trinajstić information content (AvgIpc) is 2.47. The molecule has 1 unspecified atom stereocenters. The number of piperidine rings is 1. The first-order chi connectivity index (χ1) is 10.1. The maximum atomic E-state index is 12.2. The lowest BCUT2D eigenvalue weighted by molar-refractivity contribution is -0.119. The normalized spacial score (nSPS) is 18.9. The zero-order chi connectivity index (χ0) is 15.0. The van der Waals surface area contributed by atoms with Crippen molar-refractivity contribution in [3.63, 3.8) is 0 Å². The van der Waals surface area contributed by atoms with E-state index in [-0.39, 0.29) is 5.56 Å². The zero-order valence-corrected chi connectivity index (χ0v) is 11.5. The van der Waals surface area contributed by atoms with E-state index in [4.69, 9.17) is 11.5 Å². The van der Waals surface area contributed by atoms with Crippen molar-refractivity contribution >= 4 is 28.4 Å². The molecule has 0 radical (unpaired) electrons. The second kappa shape index (κ2) is 5.08. The topological polar surface area (TPSA) is 118 Å². The van der Waals surface area contributed by atoms with Gasteiger partial charge in [0, 0.05) is 12.2 Å². The van der Waals surface area contributed by atoms with Crippen LogP contribution in [0.4, 0.5) is 11.6 Å². The van der Waals surface area contributed by atoms with Crippen LogP contribution in [0.2, 0.25) is 0 Å². The quantitative estimate of drug-likeness (QED) is 0.689. The summed E-state index contributed by atoms with van der Waals surface area (Å²) in [6.07, 6.45) is 2.56. The largest absolute Gasteiger partial charge is 0.399 e. The molecular weight excluding hydrogens is 270 g/mol. The van der Waals surface area contributed by atoms with Crippen LogP contribution in [0.25, 0.3) is 10.9 Å². The first-order valence-electron chi connectivity index (χ1n) is 6.92. The van der Waals surface area contributed by atoms with Gasteiger partial charge in [-0.3, -0.25) is 14.6 Å². The van der Waals surface area contributed by atoms with Crippen molar-refractivity contribution in [2.24, 2.45) is 5.73 Å². The monoisotopic (exact) mass is 287 g/mol. The van der Waals surface area contributed by atoms with E-state index in [0.717, 1.165) is 12.8 Å². The maximum absolute atomic E-state index is 12.2. The van der Waals surface area contributed by atoms with Crippen LogP contribution >= 0.6 is 0 Å². The number of nitrogen functional groups attached to an aromatic ring is 1. The summed E-state index contributed by atoms with van der Waals surface area (Å²) in [5, 5.41) is 0.436. The van der Waals surface area contributed by atoms with Crippen LogP contribution in [0.3, 0.4) is 0 Å². The summed E-state index contributed by atoms with van der Waals surface area (Å²) in [6.45, 7) is 0.650. The van der Waals surface area contributed by atoms with Crippen LogP contribution < -0.4 is 21.9 Å². The Labute approximate surface area is 120 Å². The predicted molar refractivity (Wildman–Crippen MR) is 81.0 cm³/mol. The van der Waals surface area contributed by atoms with Gasteiger partial charge in [0.15, 0.2) is 0 Å². The Hall–Kier alpha value is -2.57. The molecule has 1 aromatic heterocycles. The van der Waals surface area contributed by atoms with Crippen molar-refractivity contribution < 1.29 is 4.79 Å². The molecule has 1 atom stereocenters. The Morgan fingerprint density at radius 3 is 2.95 bits per heavy atom. The average molecular weight is 287 g/mol. The molecule has 2 aromatic rings. The minimum atomic E-state index is -0.423. The molecule has 7 nitrogen and oxygen atoms in total. The molecule has 1 aliphatic heterocycles. The second-order valence-corrected chi connectivity index (χ2v) is 5.27. The van der Waals surface area contributed by atoms with E-state index in [1.807, 2.05) is 0 Å². The highest BCUT2D eigenvalue weighted by molar-refractivity contribution is 5.85. The summed E-state index contributed by atoms with van der Waals surface area (Å²) in [6, 6.07) is 4.56. The Balaban J connectivity index is 2.09. The summed E-state index contributed by atoms with van der Waals surface area (Å²) in [5.41, 5.74) is 11.9. The number of fused-ring (bicyclic) bond motifs is 1. The number of nitrogens with one attached hydrogen (secondary N) is 1. The third kappa shape index (κ3) is 2.42. The van der Waals surface area contributed by atoms with Gasteiger partial charge in [-0.05, 0) is 37.5 Å². The molecule has 0 saturated carbocycles. The molecule has 110 valence electrons. The highest BCUT2D eigenvalue weighted by Crippen LogP contribution is 2.22. The van der Waals surface area contributed by atoms with Crippen LogP contribution in [0.15, 0.2) is 23.0 Å². The lowest BCUT2D eigenvalue weighted by Gasteiger charge is -2.33. The maximum Gasteiger partial charge on any atom is 0.260 e. The van der Waals surface area contributed by atoms with Crippen LogP contribution in [-0.4, -0.2) is 28.5 Å². The van der Waals surface area contributed by atoms with Crippen molar-refractivity contribution in [2.45, 2.75) is 25.3 Å². The van der Waals surface area contributed by atoms with Gasteiger partial charge in [0.2, 0.25) is 11.9 Å². The minimum Gasteiger partial charge on any atom is -0.399 e. The first kappa shape index (κ1) is 13.4. The molecule has 0 spiro atoms. The van der Waals surface area contributed by atoms with E-state index in [1.54, 1.807) is 23.1 Å². The van der Waals surface area contributed by atoms with Gasteiger partial charge in [0.1, 0.15) is 6.04 Å². The summed E-state index contributed by atoms with van der Waals surface area (Å²) in [7, 11) is 0. The number of aromatic nitrogens is 2. The van der Waals surface area contributed by atoms with Gasteiger partial charge in [-0.15, -0.1) is 0 Å². The zero-order valence-electron chi connectivity index (χ0n) is 11.5. The van der Waals surface area contributed by atoms with Gasteiger partial charge in [-0.1, -0.05) is 0 Å². The lowest BCUT2D eigenvalue weighted by Crippen LogP contribution is -2.49. The number of hydrogen-bond donors (Lipinski definition) is 3. The Bertz CT molecular complexity index is 755. The number of H-pyrrole nitrogens is 1. The molecule has 0 bridgehead atoms. The van der Waals surface area contributed by atoms with E-state index in [0.29, 0.717) is 35.5 Å². The predicted octanol–water partition coefficient (Wildman–Crippen LogP) is 0.349. The number of benzene rings is 1. The van der Waals surface area contributed by atoms with Gasteiger partial charge in [0.05, 0.1) is 10.9 Å². The number of amides is 1. The number of carbonyl (C=O) groups excluding carboxylic acids is 1. The summed E-state index contributed by atoms with van der Waals surface area (Å²) in [4.78, 5) is 32.7. The number of primary amides is 1. The highest BCUT2D eigenvalue weighted by atomic mass is 16.1. The van der Waals surface area contributed by atoms with Gasteiger partial charge >= 0.3 is 0 Å². The van der Waals surface area contributed by atoms with Crippen molar-refractivity contribution in [3.05, 3.63) is 28.6 Å². The third-order valence-electron chi connectivity index (χ3n) is 3.82. The molecule has 1 saturated heterocycles. The summed E-state index contributed by atoms with van der Waals surface area (Å²) >= 11 is 0. The van der Waals surface area contributed by atoms with Crippen molar-refractivity contribution in [3.8, 4) is 0 Å². The van der Waals surface area contributed by atoms with Crippen molar-refractivity contribution in [1.82, 2.24) is 9.97 Å². The number of aromatic amines is 1. The van der Waals surface area contributed by atoms with E-state index < -0.39 is 11.9 Å². The number of nitrogens with two attached hydrogens (primary N) is 2. The molecule has 5 N–H and O–H groups in total.